The first kappa shape index (κ1) is 27.2. The highest BCUT2D eigenvalue weighted by atomic mass is 32.2. The molecule has 0 saturated heterocycles. The van der Waals surface area contributed by atoms with Crippen molar-refractivity contribution in [1.29, 1.82) is 0 Å². The average Bonchev–Trinajstić information content (AvgIpc) is 3.12. The number of hydrogen-bond acceptors (Lipinski definition) is 6. The lowest BCUT2D eigenvalue weighted by Gasteiger charge is -2.15. The van der Waals surface area contributed by atoms with Gasteiger partial charge in [-0.15, -0.1) is 0 Å². The Balaban J connectivity index is 2.08. The molecule has 200 valence electrons. The summed E-state index contributed by atoms with van der Waals surface area (Å²) >= 11 is 0. The molecule has 2 heterocycles. The molecule has 0 unspecified atom stereocenters. The maximum atomic E-state index is 14.9. The number of aromatic amines is 1. The van der Waals surface area contributed by atoms with Gasteiger partial charge < -0.3 is 9.55 Å². The highest BCUT2D eigenvalue weighted by molar-refractivity contribution is 7.90. The van der Waals surface area contributed by atoms with Crippen LogP contribution in [0.1, 0.15) is 35.5 Å². The van der Waals surface area contributed by atoms with Crippen molar-refractivity contribution in [3.05, 3.63) is 87.7 Å². The van der Waals surface area contributed by atoms with Crippen LogP contribution < -0.4 is 15.4 Å². The minimum Gasteiger partial charge on any atom is -0.331 e. The molecule has 13 heteroatoms. The number of hydrogen-bond donors (Lipinski definition) is 3. The van der Waals surface area contributed by atoms with Crippen LogP contribution in [0.15, 0.2) is 64.4 Å². The monoisotopic (exact) mass is 560 g/mol. The third kappa shape index (κ3) is 5.12. The third-order valence-corrected chi connectivity index (χ3v) is 8.67. The van der Waals surface area contributed by atoms with E-state index >= 15 is 0 Å². The Hall–Kier alpha value is -3.81. The number of benzene rings is 2. The molecule has 0 aliphatic carbocycles. The average molecular weight is 561 g/mol. The van der Waals surface area contributed by atoms with Gasteiger partial charge in [0.2, 0.25) is 20.0 Å². The molecular weight excluding hydrogens is 535 g/mol. The topological polar surface area (TPSA) is 161 Å². The van der Waals surface area contributed by atoms with Gasteiger partial charge in [0.15, 0.2) is 0 Å². The second kappa shape index (κ2) is 9.82. The highest BCUT2D eigenvalue weighted by Crippen LogP contribution is 2.35. The summed E-state index contributed by atoms with van der Waals surface area (Å²) in [5.41, 5.74) is 0.540. The van der Waals surface area contributed by atoms with Crippen LogP contribution in [0.3, 0.4) is 0 Å². The summed E-state index contributed by atoms with van der Waals surface area (Å²) in [6, 6.07) is 11.2. The fourth-order valence-corrected chi connectivity index (χ4v) is 5.23. The molecule has 0 aliphatic heterocycles. The molecule has 1 amide bonds. The number of fused-ring (bicyclic) bond motifs is 1. The van der Waals surface area contributed by atoms with Gasteiger partial charge in [0.1, 0.15) is 11.5 Å². The molecule has 4 rings (SSSR count). The van der Waals surface area contributed by atoms with Crippen LogP contribution in [0, 0.1) is 12.7 Å². The SMILES string of the molecule is Cc1ccc2c(c1)c(-c1ccc[nH]c1=O)c(C(=O)NS(=O)(=O)C(C)C)n2Cc1cc(S(N)(=O)=O)ccc1F. The molecule has 0 atom stereocenters. The van der Waals surface area contributed by atoms with Crippen molar-refractivity contribution < 1.29 is 26.0 Å². The van der Waals surface area contributed by atoms with Crippen molar-refractivity contribution in [2.75, 3.05) is 0 Å². The van der Waals surface area contributed by atoms with E-state index in [2.05, 4.69) is 4.98 Å². The van der Waals surface area contributed by atoms with Crippen molar-refractivity contribution in [3.8, 4) is 11.1 Å². The zero-order valence-electron chi connectivity index (χ0n) is 20.6. The van der Waals surface area contributed by atoms with Gasteiger partial charge in [-0.25, -0.2) is 31.1 Å². The molecule has 10 nitrogen and oxygen atoms in total. The smallest absolute Gasteiger partial charge is 0.282 e. The maximum absolute atomic E-state index is 14.9. The lowest BCUT2D eigenvalue weighted by atomic mass is 10.0. The van der Waals surface area contributed by atoms with Crippen LogP contribution in [0.2, 0.25) is 0 Å². The molecule has 4 aromatic rings. The van der Waals surface area contributed by atoms with E-state index in [-0.39, 0.29) is 33.8 Å². The number of pyridine rings is 1. The standard InChI is InChI=1S/C25H25FN4O6S2/c1-14(2)38(35,36)29-25(32)23-22(18-5-4-10-28-24(18)31)19-11-15(3)6-9-21(19)30(23)13-16-12-17(37(27,33)34)7-8-20(16)26/h4-12,14H,13H2,1-3H3,(H,28,31)(H,29,32)(H2,27,33,34). The molecule has 0 saturated carbocycles. The van der Waals surface area contributed by atoms with E-state index in [1.165, 1.54) is 30.7 Å². The number of carbonyl (C=O) groups is 1. The van der Waals surface area contributed by atoms with E-state index < -0.39 is 42.6 Å². The van der Waals surface area contributed by atoms with E-state index in [1.54, 1.807) is 31.2 Å². The number of primary sulfonamides is 1. The first-order valence-corrected chi connectivity index (χ1v) is 14.5. The Morgan fingerprint density at radius 1 is 1.11 bits per heavy atom. The van der Waals surface area contributed by atoms with Gasteiger partial charge in [0.25, 0.3) is 11.5 Å². The number of aryl methyl sites for hydroxylation is 1. The van der Waals surface area contributed by atoms with Crippen molar-refractivity contribution in [2.45, 2.75) is 37.5 Å². The number of H-pyrrole nitrogens is 1. The summed E-state index contributed by atoms with van der Waals surface area (Å²) < 4.78 is 67.4. The van der Waals surface area contributed by atoms with Crippen LogP contribution in [-0.2, 0) is 26.6 Å². The summed E-state index contributed by atoms with van der Waals surface area (Å²) in [5, 5.41) is 4.72. The summed E-state index contributed by atoms with van der Waals surface area (Å²) in [6.45, 7) is 4.22. The van der Waals surface area contributed by atoms with Crippen LogP contribution in [0.4, 0.5) is 4.39 Å². The molecule has 2 aromatic carbocycles. The van der Waals surface area contributed by atoms with Crippen molar-refractivity contribution in [1.82, 2.24) is 14.3 Å². The summed E-state index contributed by atoms with van der Waals surface area (Å²) in [5.74, 6) is -1.81. The third-order valence-electron chi connectivity index (χ3n) is 6.05. The predicted molar refractivity (Wildman–Crippen MR) is 141 cm³/mol. The lowest BCUT2D eigenvalue weighted by Crippen LogP contribution is -2.37. The number of rotatable bonds is 7. The maximum Gasteiger partial charge on any atom is 0.282 e. The van der Waals surface area contributed by atoms with E-state index in [0.717, 1.165) is 23.8 Å². The molecule has 0 aliphatic rings. The van der Waals surface area contributed by atoms with Crippen molar-refractivity contribution in [3.63, 3.8) is 0 Å². The quantitative estimate of drug-likeness (QED) is 0.315. The Labute approximate surface area is 218 Å². The van der Waals surface area contributed by atoms with Crippen molar-refractivity contribution in [2.24, 2.45) is 5.14 Å². The summed E-state index contributed by atoms with van der Waals surface area (Å²) in [4.78, 5) is 28.7. The molecule has 0 bridgehead atoms. The van der Waals surface area contributed by atoms with E-state index in [1.807, 2.05) is 4.72 Å². The molecule has 0 fully saturated rings. The number of sulfonamides is 2. The van der Waals surface area contributed by atoms with Crippen LogP contribution in [0.25, 0.3) is 22.0 Å². The van der Waals surface area contributed by atoms with Gasteiger partial charge in [-0.2, -0.15) is 0 Å². The van der Waals surface area contributed by atoms with Crippen molar-refractivity contribution >= 4 is 36.9 Å². The van der Waals surface area contributed by atoms with E-state index in [0.29, 0.717) is 10.9 Å². The zero-order valence-corrected chi connectivity index (χ0v) is 22.3. The van der Waals surface area contributed by atoms with Crippen LogP contribution in [0.5, 0.6) is 0 Å². The molecule has 2 aromatic heterocycles. The summed E-state index contributed by atoms with van der Waals surface area (Å²) in [7, 11) is -8.26. The molecule has 0 radical (unpaired) electrons. The fraction of sp³-hybridized carbons (Fsp3) is 0.200. The fourth-order valence-electron chi connectivity index (χ4n) is 4.07. The van der Waals surface area contributed by atoms with Gasteiger partial charge in [0.05, 0.1) is 16.7 Å². The Morgan fingerprint density at radius 3 is 2.45 bits per heavy atom. The number of carbonyl (C=O) groups excluding carboxylic acids is 1. The Bertz CT molecular complexity index is 1860. The number of nitrogens with two attached hydrogens (primary N) is 1. The van der Waals surface area contributed by atoms with Gasteiger partial charge in [-0.05, 0) is 63.2 Å². The van der Waals surface area contributed by atoms with Gasteiger partial charge in [-0.3, -0.25) is 9.59 Å². The second-order valence-electron chi connectivity index (χ2n) is 9.07. The summed E-state index contributed by atoms with van der Waals surface area (Å²) in [6.07, 6.45) is 1.41. The number of aromatic nitrogens is 2. The Morgan fingerprint density at radius 2 is 1.82 bits per heavy atom. The van der Waals surface area contributed by atoms with Gasteiger partial charge in [-0.1, -0.05) is 11.6 Å². The zero-order chi connectivity index (χ0) is 28.0. The van der Waals surface area contributed by atoms with Gasteiger partial charge >= 0.3 is 0 Å². The minimum atomic E-state index is -4.17. The first-order valence-electron chi connectivity index (χ1n) is 11.4. The van der Waals surface area contributed by atoms with Gasteiger partial charge in [0, 0.05) is 33.8 Å². The second-order valence-corrected chi connectivity index (χ2v) is 12.9. The van der Waals surface area contributed by atoms with E-state index in [9.17, 15) is 30.8 Å². The number of nitrogens with one attached hydrogen (secondary N) is 2. The van der Waals surface area contributed by atoms with Crippen LogP contribution in [-0.4, -0.2) is 37.5 Å². The minimum absolute atomic E-state index is 0.0905. The normalized spacial score (nSPS) is 12.3. The number of nitrogens with zero attached hydrogens (tertiary/aromatic N) is 1. The lowest BCUT2D eigenvalue weighted by molar-refractivity contribution is 0.0973. The highest BCUT2D eigenvalue weighted by Gasteiger charge is 2.29. The first-order chi connectivity index (χ1) is 17.7. The van der Waals surface area contributed by atoms with E-state index in [4.69, 9.17) is 5.14 Å². The number of halogens is 1. The largest absolute Gasteiger partial charge is 0.331 e. The molecule has 4 N–H and O–H groups in total. The predicted octanol–water partition coefficient (Wildman–Crippen LogP) is 2.61. The molecule has 38 heavy (non-hydrogen) atoms. The number of amides is 1. The molecular formula is C25H25FN4O6S2. The van der Waals surface area contributed by atoms with Crippen LogP contribution >= 0.6 is 0 Å². The Kier molecular flexibility index (Phi) is 7.03. The molecule has 0 spiro atoms.